The summed E-state index contributed by atoms with van der Waals surface area (Å²) in [4.78, 5) is 19.0. The van der Waals surface area contributed by atoms with Gasteiger partial charge in [-0.25, -0.2) is 4.39 Å². The van der Waals surface area contributed by atoms with E-state index in [0.717, 1.165) is 24.1 Å². The Morgan fingerprint density at radius 1 is 1.36 bits per heavy atom. The molecular formula is C20H21FN2O2. The Morgan fingerprint density at radius 3 is 2.68 bits per heavy atom. The van der Waals surface area contributed by atoms with Crippen LogP contribution < -0.4 is 9.64 Å². The van der Waals surface area contributed by atoms with Crippen LogP contribution in [-0.4, -0.2) is 24.5 Å². The van der Waals surface area contributed by atoms with Crippen LogP contribution in [0.1, 0.15) is 41.7 Å². The highest BCUT2D eigenvalue weighted by Crippen LogP contribution is 2.39. The molecule has 0 spiro atoms. The van der Waals surface area contributed by atoms with E-state index in [2.05, 4.69) is 11.6 Å². The van der Waals surface area contributed by atoms with E-state index in [1.165, 1.54) is 24.1 Å². The second kappa shape index (κ2) is 7.05. The molecule has 1 fully saturated rings. The van der Waals surface area contributed by atoms with Gasteiger partial charge in [-0.2, -0.15) is 0 Å². The number of hydrogen-bond donors (Lipinski definition) is 0. The standard InChI is InChI=1S/C20H21FN2O2/c1-13(2)12-23(18-9-7-16(21)10-19(18)25-3)20(24)15-6-8-17(22-11-15)14-4-5-14/h6-11,14H,1,4-5,12H2,2-3H3. The zero-order chi connectivity index (χ0) is 18.0. The van der Waals surface area contributed by atoms with Gasteiger partial charge in [-0.15, -0.1) is 0 Å². The number of methoxy groups -OCH3 is 1. The summed E-state index contributed by atoms with van der Waals surface area (Å²) < 4.78 is 18.8. The smallest absolute Gasteiger partial charge is 0.260 e. The van der Waals surface area contributed by atoms with Crippen molar-refractivity contribution in [3.8, 4) is 5.75 Å². The molecule has 130 valence electrons. The van der Waals surface area contributed by atoms with Crippen LogP contribution in [0.2, 0.25) is 0 Å². The number of benzene rings is 1. The minimum absolute atomic E-state index is 0.220. The molecule has 0 N–H and O–H groups in total. The van der Waals surface area contributed by atoms with Crippen LogP contribution in [0.4, 0.5) is 10.1 Å². The maximum atomic E-state index is 13.5. The van der Waals surface area contributed by atoms with Gasteiger partial charge in [-0.3, -0.25) is 9.78 Å². The highest BCUT2D eigenvalue weighted by molar-refractivity contribution is 6.07. The highest BCUT2D eigenvalue weighted by Gasteiger charge is 2.26. The molecule has 1 saturated carbocycles. The molecule has 1 aliphatic carbocycles. The van der Waals surface area contributed by atoms with Gasteiger partial charge >= 0.3 is 0 Å². The molecule has 0 atom stereocenters. The van der Waals surface area contributed by atoms with Gasteiger partial charge in [0.05, 0.1) is 18.4 Å². The van der Waals surface area contributed by atoms with Gasteiger partial charge in [0.1, 0.15) is 11.6 Å². The fourth-order valence-electron chi connectivity index (χ4n) is 2.72. The van der Waals surface area contributed by atoms with E-state index in [1.807, 2.05) is 13.0 Å². The molecule has 4 nitrogen and oxygen atoms in total. The maximum Gasteiger partial charge on any atom is 0.260 e. The first kappa shape index (κ1) is 17.1. The zero-order valence-corrected chi connectivity index (χ0v) is 14.5. The third kappa shape index (κ3) is 3.87. The van der Waals surface area contributed by atoms with Gasteiger partial charge in [-0.05, 0) is 44.0 Å². The van der Waals surface area contributed by atoms with Crippen LogP contribution >= 0.6 is 0 Å². The summed E-state index contributed by atoms with van der Waals surface area (Å²) in [5, 5.41) is 0. The van der Waals surface area contributed by atoms with Crippen molar-refractivity contribution in [1.82, 2.24) is 4.98 Å². The summed E-state index contributed by atoms with van der Waals surface area (Å²) in [6.45, 7) is 6.04. The van der Waals surface area contributed by atoms with Crippen molar-refractivity contribution < 1.29 is 13.9 Å². The van der Waals surface area contributed by atoms with Crippen LogP contribution in [0.15, 0.2) is 48.7 Å². The predicted octanol–water partition coefficient (Wildman–Crippen LogP) is 4.33. The van der Waals surface area contributed by atoms with Crippen LogP contribution in [0.5, 0.6) is 5.75 Å². The van der Waals surface area contributed by atoms with E-state index in [-0.39, 0.29) is 5.91 Å². The average Bonchev–Trinajstić information content (AvgIpc) is 3.44. The topological polar surface area (TPSA) is 42.4 Å². The Hall–Kier alpha value is -2.69. The normalized spacial score (nSPS) is 13.4. The molecule has 25 heavy (non-hydrogen) atoms. The van der Waals surface area contributed by atoms with Crippen molar-refractivity contribution in [2.45, 2.75) is 25.7 Å². The second-order valence-corrected chi connectivity index (χ2v) is 6.41. The lowest BCUT2D eigenvalue weighted by molar-refractivity contribution is 0.0988. The van der Waals surface area contributed by atoms with Gasteiger partial charge in [-0.1, -0.05) is 12.2 Å². The average molecular weight is 340 g/mol. The lowest BCUT2D eigenvalue weighted by Crippen LogP contribution is -2.32. The predicted molar refractivity (Wildman–Crippen MR) is 95.7 cm³/mol. The Kier molecular flexibility index (Phi) is 4.83. The molecule has 3 rings (SSSR count). The number of pyridine rings is 1. The van der Waals surface area contributed by atoms with Gasteiger partial charge in [0.25, 0.3) is 5.91 Å². The van der Waals surface area contributed by atoms with Crippen molar-refractivity contribution in [3.05, 3.63) is 65.8 Å². The van der Waals surface area contributed by atoms with Crippen LogP contribution in [0.25, 0.3) is 0 Å². The minimum atomic E-state index is -0.418. The number of halogens is 1. The Morgan fingerprint density at radius 2 is 2.12 bits per heavy atom. The molecular weight excluding hydrogens is 319 g/mol. The molecule has 2 aromatic rings. The summed E-state index contributed by atoms with van der Waals surface area (Å²) in [5.74, 6) is 0.201. The second-order valence-electron chi connectivity index (χ2n) is 6.41. The lowest BCUT2D eigenvalue weighted by Gasteiger charge is -2.25. The number of rotatable bonds is 6. The number of carbonyl (C=O) groups is 1. The molecule has 0 saturated heterocycles. The number of ether oxygens (including phenoxy) is 1. The molecule has 0 bridgehead atoms. The summed E-state index contributed by atoms with van der Waals surface area (Å²) >= 11 is 0. The van der Waals surface area contributed by atoms with Crippen LogP contribution in [0, 0.1) is 5.82 Å². The van der Waals surface area contributed by atoms with Gasteiger partial charge < -0.3 is 9.64 Å². The first-order valence-electron chi connectivity index (χ1n) is 8.25. The number of amides is 1. The summed E-state index contributed by atoms with van der Waals surface area (Å²) in [7, 11) is 1.45. The van der Waals surface area contributed by atoms with Crippen molar-refractivity contribution in [3.63, 3.8) is 0 Å². The van der Waals surface area contributed by atoms with Gasteiger partial charge in [0.2, 0.25) is 0 Å². The Bertz CT molecular complexity index is 798. The first-order valence-corrected chi connectivity index (χ1v) is 8.25. The molecule has 0 radical (unpaired) electrons. The molecule has 1 amide bonds. The molecule has 1 heterocycles. The number of carbonyl (C=O) groups excluding carboxylic acids is 1. The van der Waals surface area contributed by atoms with Crippen LogP contribution in [0.3, 0.4) is 0 Å². The third-order valence-corrected chi connectivity index (χ3v) is 4.13. The molecule has 1 aromatic carbocycles. The SMILES string of the molecule is C=C(C)CN(C(=O)c1ccc(C2CC2)nc1)c1ccc(F)cc1OC. The summed E-state index contributed by atoms with van der Waals surface area (Å²) in [6, 6.07) is 7.82. The molecule has 0 unspecified atom stereocenters. The quantitative estimate of drug-likeness (QED) is 0.735. The van der Waals surface area contributed by atoms with Crippen molar-refractivity contribution in [1.29, 1.82) is 0 Å². The minimum Gasteiger partial charge on any atom is -0.494 e. The van der Waals surface area contributed by atoms with Gasteiger partial charge in [0, 0.05) is 30.4 Å². The van der Waals surface area contributed by atoms with E-state index in [0.29, 0.717) is 29.5 Å². The summed E-state index contributed by atoms with van der Waals surface area (Å²) in [6.07, 6.45) is 3.93. The van der Waals surface area contributed by atoms with Crippen LogP contribution in [-0.2, 0) is 0 Å². The third-order valence-electron chi connectivity index (χ3n) is 4.13. The fourth-order valence-corrected chi connectivity index (χ4v) is 2.72. The highest BCUT2D eigenvalue weighted by atomic mass is 19.1. The summed E-state index contributed by atoms with van der Waals surface area (Å²) in [5.41, 5.74) is 2.82. The zero-order valence-electron chi connectivity index (χ0n) is 14.5. The van der Waals surface area contributed by atoms with E-state index < -0.39 is 5.82 Å². The maximum absolute atomic E-state index is 13.5. The molecule has 1 aliphatic rings. The number of aromatic nitrogens is 1. The number of hydrogen-bond acceptors (Lipinski definition) is 3. The monoisotopic (exact) mass is 340 g/mol. The van der Waals surface area contributed by atoms with E-state index in [9.17, 15) is 9.18 Å². The number of nitrogens with zero attached hydrogens (tertiary/aromatic N) is 2. The van der Waals surface area contributed by atoms with E-state index >= 15 is 0 Å². The molecule has 0 aliphatic heterocycles. The largest absolute Gasteiger partial charge is 0.494 e. The first-order chi connectivity index (χ1) is 12.0. The molecule has 5 heteroatoms. The van der Waals surface area contributed by atoms with Gasteiger partial charge in [0.15, 0.2) is 0 Å². The fraction of sp³-hybridized carbons (Fsp3) is 0.300. The van der Waals surface area contributed by atoms with E-state index in [1.54, 1.807) is 18.3 Å². The molecule has 1 aromatic heterocycles. The van der Waals surface area contributed by atoms with Crippen molar-refractivity contribution in [2.75, 3.05) is 18.6 Å². The number of anilines is 1. The lowest BCUT2D eigenvalue weighted by atomic mass is 10.1. The Balaban J connectivity index is 1.94. The van der Waals surface area contributed by atoms with Crippen molar-refractivity contribution >= 4 is 11.6 Å². The van der Waals surface area contributed by atoms with E-state index in [4.69, 9.17) is 4.74 Å². The van der Waals surface area contributed by atoms with Crippen molar-refractivity contribution in [2.24, 2.45) is 0 Å². The Labute approximate surface area is 146 Å².